The first-order chi connectivity index (χ1) is 15.3. The van der Waals surface area contributed by atoms with Gasteiger partial charge in [-0.1, -0.05) is 40.2 Å². The lowest BCUT2D eigenvalue weighted by molar-refractivity contribution is -0.137. The lowest BCUT2D eigenvalue weighted by Gasteiger charge is -2.39. The van der Waals surface area contributed by atoms with Gasteiger partial charge in [-0.2, -0.15) is 0 Å². The molecule has 2 saturated heterocycles. The molecule has 2 aromatic carbocycles. The van der Waals surface area contributed by atoms with Crippen LogP contribution in [0.2, 0.25) is 0 Å². The number of nitrogens with zero attached hydrogens (tertiary/aromatic N) is 3. The Morgan fingerprint density at radius 1 is 0.938 bits per heavy atom. The highest BCUT2D eigenvalue weighted by molar-refractivity contribution is 9.10. The molecule has 32 heavy (non-hydrogen) atoms. The van der Waals surface area contributed by atoms with Gasteiger partial charge < -0.3 is 9.80 Å². The summed E-state index contributed by atoms with van der Waals surface area (Å²) in [5.41, 5.74) is 1.32. The zero-order chi connectivity index (χ0) is 22.7. The van der Waals surface area contributed by atoms with Gasteiger partial charge in [0, 0.05) is 49.7 Å². The Morgan fingerprint density at radius 2 is 1.56 bits per heavy atom. The molecule has 2 fully saturated rings. The summed E-state index contributed by atoms with van der Waals surface area (Å²) in [6, 6.07) is 14.0. The molecule has 2 aliphatic heterocycles. The molecular formula is C23H27BrFN3O3S. The summed E-state index contributed by atoms with van der Waals surface area (Å²) in [4.78, 5) is 16.8. The third-order valence-electron chi connectivity index (χ3n) is 6.24. The number of piperidine rings is 1. The van der Waals surface area contributed by atoms with Crippen molar-refractivity contribution in [1.82, 2.24) is 9.21 Å². The summed E-state index contributed by atoms with van der Waals surface area (Å²) < 4.78 is 42.0. The predicted molar refractivity (Wildman–Crippen MR) is 126 cm³/mol. The number of hydrogen-bond donors (Lipinski definition) is 0. The Morgan fingerprint density at radius 3 is 2.19 bits per heavy atom. The number of anilines is 1. The van der Waals surface area contributed by atoms with Crippen molar-refractivity contribution >= 4 is 37.5 Å². The molecule has 2 aliphatic rings. The van der Waals surface area contributed by atoms with E-state index in [0.29, 0.717) is 57.8 Å². The number of halogens is 2. The molecule has 172 valence electrons. The van der Waals surface area contributed by atoms with Crippen LogP contribution in [0.25, 0.3) is 0 Å². The number of hydrogen-bond acceptors (Lipinski definition) is 4. The molecule has 0 unspecified atom stereocenters. The van der Waals surface area contributed by atoms with Crippen molar-refractivity contribution in [2.45, 2.75) is 18.6 Å². The first-order valence-corrected chi connectivity index (χ1v) is 13.2. The van der Waals surface area contributed by atoms with Crippen LogP contribution in [0.5, 0.6) is 0 Å². The summed E-state index contributed by atoms with van der Waals surface area (Å²) >= 11 is 3.36. The van der Waals surface area contributed by atoms with Crippen molar-refractivity contribution in [3.63, 3.8) is 0 Å². The fraction of sp³-hybridized carbons (Fsp3) is 0.435. The van der Waals surface area contributed by atoms with Crippen LogP contribution in [0.15, 0.2) is 53.0 Å². The molecule has 6 nitrogen and oxygen atoms in total. The summed E-state index contributed by atoms with van der Waals surface area (Å²) in [7, 11) is -3.41. The number of carbonyl (C=O) groups is 1. The van der Waals surface area contributed by atoms with Gasteiger partial charge in [-0.15, -0.1) is 0 Å². The molecule has 1 amide bonds. The minimum Gasteiger partial charge on any atom is -0.366 e. The van der Waals surface area contributed by atoms with Crippen LogP contribution < -0.4 is 4.90 Å². The predicted octanol–water partition coefficient (Wildman–Crippen LogP) is 3.48. The zero-order valence-corrected chi connectivity index (χ0v) is 20.2. The maximum Gasteiger partial charge on any atom is 0.225 e. The molecule has 2 aromatic rings. The molecule has 0 spiro atoms. The topological polar surface area (TPSA) is 60.9 Å². The second kappa shape index (κ2) is 9.89. The SMILES string of the molecule is O=C(C1CCN(S(=O)(=O)Cc2ccc(Br)cc2)CC1)N1CCN(c2ccccc2F)CC1. The van der Waals surface area contributed by atoms with Gasteiger partial charge in [-0.3, -0.25) is 4.79 Å². The number of amides is 1. The molecule has 4 rings (SSSR count). The summed E-state index contributed by atoms with van der Waals surface area (Å²) in [6.45, 7) is 3.01. The van der Waals surface area contributed by atoms with Gasteiger partial charge >= 0.3 is 0 Å². The lowest BCUT2D eigenvalue weighted by atomic mass is 9.96. The first-order valence-electron chi connectivity index (χ1n) is 10.8. The second-order valence-corrected chi connectivity index (χ2v) is 11.2. The van der Waals surface area contributed by atoms with E-state index in [1.807, 2.05) is 28.0 Å². The summed E-state index contributed by atoms with van der Waals surface area (Å²) in [6.07, 6.45) is 1.07. The van der Waals surface area contributed by atoms with Gasteiger partial charge in [-0.25, -0.2) is 17.1 Å². The van der Waals surface area contributed by atoms with Crippen molar-refractivity contribution in [2.75, 3.05) is 44.2 Å². The highest BCUT2D eigenvalue weighted by atomic mass is 79.9. The number of sulfonamides is 1. The minimum absolute atomic E-state index is 0.0309. The van der Waals surface area contributed by atoms with Crippen molar-refractivity contribution in [1.29, 1.82) is 0 Å². The van der Waals surface area contributed by atoms with E-state index in [1.54, 1.807) is 24.3 Å². The molecular weight excluding hydrogens is 497 g/mol. The van der Waals surface area contributed by atoms with E-state index in [-0.39, 0.29) is 23.4 Å². The molecule has 0 atom stereocenters. The van der Waals surface area contributed by atoms with E-state index in [2.05, 4.69) is 15.9 Å². The molecule has 0 bridgehead atoms. The standard InChI is InChI=1S/C23H27BrFN3O3S/c24-20-7-5-18(6-8-20)17-32(30,31)28-11-9-19(10-12-28)23(29)27-15-13-26(14-16-27)22-4-2-1-3-21(22)25/h1-8,19H,9-17H2. The molecule has 0 saturated carbocycles. The van der Waals surface area contributed by atoms with Crippen LogP contribution in [-0.4, -0.2) is 62.8 Å². The summed E-state index contributed by atoms with van der Waals surface area (Å²) in [5, 5.41) is 0. The largest absolute Gasteiger partial charge is 0.366 e. The number of para-hydroxylation sites is 1. The fourth-order valence-electron chi connectivity index (χ4n) is 4.40. The fourth-order valence-corrected chi connectivity index (χ4v) is 6.23. The number of benzene rings is 2. The minimum atomic E-state index is -3.41. The Balaban J connectivity index is 1.28. The quantitative estimate of drug-likeness (QED) is 0.601. The monoisotopic (exact) mass is 523 g/mol. The van der Waals surface area contributed by atoms with E-state index in [1.165, 1.54) is 10.4 Å². The Kier molecular flexibility index (Phi) is 7.17. The van der Waals surface area contributed by atoms with Crippen LogP contribution >= 0.6 is 15.9 Å². The van der Waals surface area contributed by atoms with E-state index >= 15 is 0 Å². The third-order valence-corrected chi connectivity index (χ3v) is 8.62. The molecule has 9 heteroatoms. The van der Waals surface area contributed by atoms with Gasteiger partial charge in [0.05, 0.1) is 11.4 Å². The van der Waals surface area contributed by atoms with E-state index in [0.717, 1.165) is 10.0 Å². The van der Waals surface area contributed by atoms with Crippen molar-refractivity contribution in [3.8, 4) is 0 Å². The number of rotatable bonds is 5. The van der Waals surface area contributed by atoms with Gasteiger partial charge in [0.15, 0.2) is 0 Å². The van der Waals surface area contributed by atoms with E-state index in [4.69, 9.17) is 0 Å². The van der Waals surface area contributed by atoms with Crippen LogP contribution in [0.1, 0.15) is 18.4 Å². The Labute approximate surface area is 197 Å². The highest BCUT2D eigenvalue weighted by Crippen LogP contribution is 2.25. The molecule has 2 heterocycles. The average Bonchev–Trinajstić information content (AvgIpc) is 2.80. The highest BCUT2D eigenvalue weighted by Gasteiger charge is 2.34. The van der Waals surface area contributed by atoms with Crippen molar-refractivity contribution in [3.05, 3.63) is 64.4 Å². The van der Waals surface area contributed by atoms with Crippen molar-refractivity contribution in [2.24, 2.45) is 5.92 Å². The average molecular weight is 524 g/mol. The second-order valence-electron chi connectivity index (χ2n) is 8.32. The van der Waals surface area contributed by atoms with Gasteiger partial charge in [0.1, 0.15) is 5.82 Å². The number of carbonyl (C=O) groups excluding carboxylic acids is 1. The van der Waals surface area contributed by atoms with E-state index < -0.39 is 10.0 Å². The van der Waals surface area contributed by atoms with Crippen LogP contribution in [0.3, 0.4) is 0 Å². The van der Waals surface area contributed by atoms with Crippen LogP contribution in [0, 0.1) is 11.7 Å². The normalized spacial score (nSPS) is 18.7. The van der Waals surface area contributed by atoms with Gasteiger partial charge in [0.2, 0.25) is 15.9 Å². The van der Waals surface area contributed by atoms with Crippen LogP contribution in [0.4, 0.5) is 10.1 Å². The Bertz CT molecular complexity index is 1050. The maximum absolute atomic E-state index is 14.0. The van der Waals surface area contributed by atoms with Gasteiger partial charge in [0.25, 0.3) is 0 Å². The molecule has 0 N–H and O–H groups in total. The molecule has 0 radical (unpaired) electrons. The maximum atomic E-state index is 14.0. The Hall–Kier alpha value is -1.97. The summed E-state index contributed by atoms with van der Waals surface area (Å²) in [5.74, 6) is -0.349. The lowest BCUT2D eigenvalue weighted by Crippen LogP contribution is -2.52. The van der Waals surface area contributed by atoms with Gasteiger partial charge in [-0.05, 0) is 42.7 Å². The van der Waals surface area contributed by atoms with Crippen LogP contribution in [-0.2, 0) is 20.6 Å². The molecule has 0 aliphatic carbocycles. The van der Waals surface area contributed by atoms with E-state index in [9.17, 15) is 17.6 Å². The van der Waals surface area contributed by atoms with Crippen molar-refractivity contribution < 1.29 is 17.6 Å². The third kappa shape index (κ3) is 5.32. The smallest absolute Gasteiger partial charge is 0.225 e. The molecule has 0 aromatic heterocycles. The number of piperazine rings is 1. The zero-order valence-electron chi connectivity index (χ0n) is 17.8. The first kappa shape index (κ1) is 23.2.